The summed E-state index contributed by atoms with van der Waals surface area (Å²) in [6, 6.07) is 2.90. The van der Waals surface area contributed by atoms with E-state index in [0.717, 1.165) is 17.0 Å². The zero-order chi connectivity index (χ0) is 12.5. The number of aromatic nitrogens is 3. The van der Waals surface area contributed by atoms with Crippen molar-refractivity contribution in [3.05, 3.63) is 47.8 Å². The number of carbonyl (C=O) groups is 1. The average Bonchev–Trinajstić information content (AvgIpc) is 2.86. The molecular formula is C12H12N4O2. The lowest BCUT2D eigenvalue weighted by molar-refractivity contribution is -0.139. The number of hydrogen-bond acceptors (Lipinski definition) is 4. The smallest absolute Gasteiger partial charge is 0.321 e. The minimum absolute atomic E-state index is 0.227. The number of hydrogen-bond donors (Lipinski definition) is 3. The van der Waals surface area contributed by atoms with Crippen LogP contribution in [0.25, 0.3) is 0 Å². The van der Waals surface area contributed by atoms with Gasteiger partial charge in [-0.2, -0.15) is 0 Å². The maximum absolute atomic E-state index is 11.2. The number of aliphatic carboxylic acids is 1. The fraction of sp³-hybridized carbons (Fsp3) is 0.250. The minimum Gasteiger partial charge on any atom is -0.480 e. The molecule has 1 aliphatic rings. The van der Waals surface area contributed by atoms with Crippen LogP contribution in [0.2, 0.25) is 0 Å². The van der Waals surface area contributed by atoms with E-state index in [4.69, 9.17) is 5.11 Å². The van der Waals surface area contributed by atoms with Crippen molar-refractivity contribution < 1.29 is 9.90 Å². The van der Waals surface area contributed by atoms with Crippen molar-refractivity contribution >= 4 is 5.97 Å². The second-order valence-corrected chi connectivity index (χ2v) is 4.25. The van der Waals surface area contributed by atoms with Crippen LogP contribution in [0.3, 0.4) is 0 Å². The number of nitrogens with zero attached hydrogens (tertiary/aromatic N) is 2. The molecule has 0 amide bonds. The Hall–Kier alpha value is -2.21. The average molecular weight is 244 g/mol. The van der Waals surface area contributed by atoms with Crippen molar-refractivity contribution in [2.45, 2.75) is 18.5 Å². The molecule has 0 saturated heterocycles. The zero-order valence-electron chi connectivity index (χ0n) is 9.50. The standard InChI is InChI=1S/C12H12N4O2/c17-12(18)9-4-8-11(15-6-14-8)10(16-9)7-2-1-3-13-5-7/h1-3,5-6,9-10,16H,4H2,(H,14,15)(H,17,18)/t9-,10+/m1/s1. The third kappa shape index (κ3) is 1.76. The molecule has 6 heteroatoms. The first-order valence-electron chi connectivity index (χ1n) is 5.66. The molecule has 0 unspecified atom stereocenters. The zero-order valence-corrected chi connectivity index (χ0v) is 9.50. The second kappa shape index (κ2) is 4.23. The van der Waals surface area contributed by atoms with Crippen molar-refractivity contribution in [3.8, 4) is 0 Å². The van der Waals surface area contributed by atoms with Crippen LogP contribution < -0.4 is 5.32 Å². The highest BCUT2D eigenvalue weighted by molar-refractivity contribution is 5.74. The predicted octanol–water partition coefficient (Wildman–Crippen LogP) is 0.493. The molecule has 2 aromatic rings. The number of pyridine rings is 1. The first-order chi connectivity index (χ1) is 8.75. The number of nitrogens with one attached hydrogen (secondary N) is 2. The summed E-state index contributed by atoms with van der Waals surface area (Å²) in [4.78, 5) is 22.5. The highest BCUT2D eigenvalue weighted by Crippen LogP contribution is 2.27. The van der Waals surface area contributed by atoms with Crippen molar-refractivity contribution in [2.75, 3.05) is 0 Å². The van der Waals surface area contributed by atoms with Crippen LogP contribution in [0.1, 0.15) is 23.0 Å². The van der Waals surface area contributed by atoms with Crippen LogP contribution >= 0.6 is 0 Å². The van der Waals surface area contributed by atoms with E-state index >= 15 is 0 Å². The molecule has 0 aliphatic carbocycles. The summed E-state index contributed by atoms with van der Waals surface area (Å²) >= 11 is 0. The molecule has 0 saturated carbocycles. The van der Waals surface area contributed by atoms with Crippen LogP contribution in [-0.4, -0.2) is 32.1 Å². The summed E-state index contributed by atoms with van der Waals surface area (Å²) in [6.45, 7) is 0. The molecule has 0 fully saturated rings. The summed E-state index contributed by atoms with van der Waals surface area (Å²) in [5.41, 5.74) is 2.63. The number of carboxylic acid groups (broad SMARTS) is 1. The van der Waals surface area contributed by atoms with Crippen molar-refractivity contribution in [1.82, 2.24) is 20.3 Å². The third-order valence-electron chi connectivity index (χ3n) is 3.12. The van der Waals surface area contributed by atoms with Gasteiger partial charge in [-0.25, -0.2) is 4.98 Å². The Bertz CT molecular complexity index is 566. The van der Waals surface area contributed by atoms with Crippen LogP contribution in [0, 0.1) is 0 Å². The van der Waals surface area contributed by atoms with E-state index in [0.29, 0.717) is 6.42 Å². The summed E-state index contributed by atoms with van der Waals surface area (Å²) in [7, 11) is 0. The van der Waals surface area contributed by atoms with Gasteiger partial charge < -0.3 is 10.1 Å². The van der Waals surface area contributed by atoms with Gasteiger partial charge in [-0.05, 0) is 11.6 Å². The minimum atomic E-state index is -0.857. The molecule has 3 heterocycles. The molecule has 6 nitrogen and oxygen atoms in total. The van der Waals surface area contributed by atoms with E-state index in [1.54, 1.807) is 18.7 Å². The Labute approximate surface area is 103 Å². The van der Waals surface area contributed by atoms with Gasteiger partial charge in [-0.15, -0.1) is 0 Å². The number of H-pyrrole nitrogens is 1. The molecule has 18 heavy (non-hydrogen) atoms. The first kappa shape index (κ1) is 10.9. The Kier molecular flexibility index (Phi) is 2.56. The van der Waals surface area contributed by atoms with Gasteiger partial charge in [0.2, 0.25) is 0 Å². The number of imidazole rings is 1. The van der Waals surface area contributed by atoms with Gasteiger partial charge in [0.15, 0.2) is 0 Å². The fourth-order valence-electron chi connectivity index (χ4n) is 2.25. The number of rotatable bonds is 2. The van der Waals surface area contributed by atoms with E-state index in [2.05, 4.69) is 20.3 Å². The molecule has 92 valence electrons. The normalized spacial score (nSPS) is 22.4. The molecule has 2 atom stereocenters. The maximum atomic E-state index is 11.2. The predicted molar refractivity (Wildman–Crippen MR) is 62.9 cm³/mol. The van der Waals surface area contributed by atoms with E-state index < -0.39 is 12.0 Å². The van der Waals surface area contributed by atoms with E-state index in [1.165, 1.54) is 0 Å². The molecular weight excluding hydrogens is 232 g/mol. The Morgan fingerprint density at radius 3 is 3.11 bits per heavy atom. The quantitative estimate of drug-likeness (QED) is 0.715. The Balaban J connectivity index is 2.02. The van der Waals surface area contributed by atoms with Gasteiger partial charge in [0.05, 0.1) is 18.1 Å². The van der Waals surface area contributed by atoms with Crippen LogP contribution in [0.5, 0.6) is 0 Å². The SMILES string of the molecule is O=C(O)[C@H]1Cc2[nH]cnc2[C@H](c2cccnc2)N1. The third-order valence-corrected chi connectivity index (χ3v) is 3.12. The second-order valence-electron chi connectivity index (χ2n) is 4.25. The van der Waals surface area contributed by atoms with E-state index in [-0.39, 0.29) is 6.04 Å². The van der Waals surface area contributed by atoms with Gasteiger partial charge in [0.25, 0.3) is 0 Å². The van der Waals surface area contributed by atoms with E-state index in [1.807, 2.05) is 12.1 Å². The monoisotopic (exact) mass is 244 g/mol. The van der Waals surface area contributed by atoms with Crippen LogP contribution in [0.15, 0.2) is 30.9 Å². The molecule has 2 aromatic heterocycles. The first-order valence-corrected chi connectivity index (χ1v) is 5.66. The van der Waals surface area contributed by atoms with Crippen molar-refractivity contribution in [1.29, 1.82) is 0 Å². The number of carboxylic acids is 1. The molecule has 3 rings (SSSR count). The van der Waals surface area contributed by atoms with Crippen LogP contribution in [-0.2, 0) is 11.2 Å². The van der Waals surface area contributed by atoms with Gasteiger partial charge >= 0.3 is 5.97 Å². The van der Waals surface area contributed by atoms with Gasteiger partial charge in [0.1, 0.15) is 6.04 Å². The molecule has 0 spiro atoms. The number of fused-ring (bicyclic) bond motifs is 1. The Morgan fingerprint density at radius 1 is 1.50 bits per heavy atom. The lowest BCUT2D eigenvalue weighted by Gasteiger charge is -2.27. The summed E-state index contributed by atoms with van der Waals surface area (Å²) in [5.74, 6) is -0.857. The maximum Gasteiger partial charge on any atom is 0.321 e. The number of aromatic amines is 1. The van der Waals surface area contributed by atoms with E-state index in [9.17, 15) is 4.79 Å². The van der Waals surface area contributed by atoms with Gasteiger partial charge in [-0.1, -0.05) is 6.07 Å². The summed E-state index contributed by atoms with van der Waals surface area (Å²) in [5, 5.41) is 12.2. The molecule has 0 radical (unpaired) electrons. The fourth-order valence-corrected chi connectivity index (χ4v) is 2.25. The topological polar surface area (TPSA) is 90.9 Å². The molecule has 0 bridgehead atoms. The molecule has 1 aliphatic heterocycles. The molecule has 0 aromatic carbocycles. The van der Waals surface area contributed by atoms with Gasteiger partial charge in [-0.3, -0.25) is 15.1 Å². The lowest BCUT2D eigenvalue weighted by atomic mass is 9.95. The summed E-state index contributed by atoms with van der Waals surface area (Å²) in [6.07, 6.45) is 5.42. The highest BCUT2D eigenvalue weighted by atomic mass is 16.4. The Morgan fingerprint density at radius 2 is 2.39 bits per heavy atom. The van der Waals surface area contributed by atoms with Crippen molar-refractivity contribution in [3.63, 3.8) is 0 Å². The largest absolute Gasteiger partial charge is 0.480 e. The summed E-state index contributed by atoms with van der Waals surface area (Å²) < 4.78 is 0. The highest BCUT2D eigenvalue weighted by Gasteiger charge is 2.33. The van der Waals surface area contributed by atoms with Gasteiger partial charge in [0, 0.05) is 24.5 Å². The van der Waals surface area contributed by atoms with Crippen LogP contribution in [0.4, 0.5) is 0 Å². The van der Waals surface area contributed by atoms with Crippen molar-refractivity contribution in [2.24, 2.45) is 0 Å². The lowest BCUT2D eigenvalue weighted by Crippen LogP contribution is -2.45. The molecule has 3 N–H and O–H groups in total.